The summed E-state index contributed by atoms with van der Waals surface area (Å²) in [5, 5.41) is 0.579. The summed E-state index contributed by atoms with van der Waals surface area (Å²) in [6.07, 6.45) is 1.84. The molecule has 3 heteroatoms. The quantitative estimate of drug-likeness (QED) is 0.810. The van der Waals surface area contributed by atoms with Crippen molar-refractivity contribution in [2.45, 2.75) is 19.8 Å². The average molecular weight is 247 g/mol. The number of halogens is 1. The van der Waals surface area contributed by atoms with Gasteiger partial charge in [0.1, 0.15) is 0 Å². The summed E-state index contributed by atoms with van der Waals surface area (Å²) in [5.41, 5.74) is 9.56. The molecule has 0 aliphatic rings. The number of anilines is 1. The number of rotatable bonds is 2. The lowest BCUT2D eigenvalue weighted by Crippen LogP contribution is -1.94. The van der Waals surface area contributed by atoms with Crippen LogP contribution in [-0.2, 0) is 0 Å². The lowest BCUT2D eigenvalue weighted by molar-refractivity contribution is 0.823. The maximum atomic E-state index is 6.00. The van der Waals surface area contributed by atoms with Crippen molar-refractivity contribution in [2.75, 3.05) is 5.73 Å². The molecule has 0 spiro atoms. The first kappa shape index (κ1) is 11.9. The van der Waals surface area contributed by atoms with E-state index in [1.165, 1.54) is 0 Å². The van der Waals surface area contributed by atoms with E-state index in [0.717, 1.165) is 16.8 Å². The van der Waals surface area contributed by atoms with E-state index in [9.17, 15) is 0 Å². The van der Waals surface area contributed by atoms with Crippen LogP contribution in [0.5, 0.6) is 0 Å². The van der Waals surface area contributed by atoms with Crippen molar-refractivity contribution in [2.24, 2.45) is 0 Å². The van der Waals surface area contributed by atoms with Crippen LogP contribution in [0.15, 0.2) is 36.5 Å². The Morgan fingerprint density at radius 2 is 1.94 bits per heavy atom. The van der Waals surface area contributed by atoms with Gasteiger partial charge in [0.25, 0.3) is 0 Å². The normalized spacial score (nSPS) is 10.8. The Morgan fingerprint density at radius 3 is 2.53 bits per heavy atom. The smallest absolute Gasteiger partial charge is 0.0641 e. The van der Waals surface area contributed by atoms with Crippen molar-refractivity contribution >= 4 is 17.3 Å². The first-order chi connectivity index (χ1) is 8.09. The van der Waals surface area contributed by atoms with Crippen LogP contribution in [0, 0.1) is 0 Å². The summed E-state index contributed by atoms with van der Waals surface area (Å²) < 4.78 is 0. The van der Waals surface area contributed by atoms with E-state index >= 15 is 0 Å². The molecule has 2 nitrogen and oxygen atoms in total. The minimum absolute atomic E-state index is 0.431. The summed E-state index contributed by atoms with van der Waals surface area (Å²) in [5.74, 6) is 0.431. The molecule has 0 saturated heterocycles. The Hall–Kier alpha value is -1.54. The SMILES string of the molecule is CC(C)c1ccc(-c2cccc(Cl)c2N)cn1. The van der Waals surface area contributed by atoms with Crippen LogP contribution < -0.4 is 5.73 Å². The predicted molar refractivity (Wildman–Crippen MR) is 73.2 cm³/mol. The molecule has 0 bridgehead atoms. The van der Waals surface area contributed by atoms with Gasteiger partial charge in [-0.2, -0.15) is 0 Å². The van der Waals surface area contributed by atoms with Gasteiger partial charge in [-0.15, -0.1) is 0 Å². The van der Waals surface area contributed by atoms with Gasteiger partial charge in [-0.1, -0.05) is 43.6 Å². The molecule has 1 aromatic carbocycles. The maximum absolute atomic E-state index is 6.00. The standard InChI is InChI=1S/C14H15ClN2/c1-9(2)13-7-6-10(8-17-13)11-4-3-5-12(15)14(11)16/h3-9H,16H2,1-2H3. The highest BCUT2D eigenvalue weighted by Crippen LogP contribution is 2.31. The lowest BCUT2D eigenvalue weighted by Gasteiger charge is -2.09. The molecule has 0 atom stereocenters. The number of nitrogen functional groups attached to an aromatic ring is 1. The molecular formula is C14H15ClN2. The van der Waals surface area contributed by atoms with E-state index in [4.69, 9.17) is 17.3 Å². The fraction of sp³-hybridized carbons (Fsp3) is 0.214. The third-order valence-electron chi connectivity index (χ3n) is 2.74. The average Bonchev–Trinajstić information content (AvgIpc) is 2.33. The van der Waals surface area contributed by atoms with E-state index < -0.39 is 0 Å². The van der Waals surface area contributed by atoms with Crippen LogP contribution in [0.4, 0.5) is 5.69 Å². The molecule has 88 valence electrons. The summed E-state index contributed by atoms with van der Waals surface area (Å²) >= 11 is 6.00. The number of hydrogen-bond acceptors (Lipinski definition) is 2. The minimum atomic E-state index is 0.431. The predicted octanol–water partition coefficient (Wildman–Crippen LogP) is 4.11. The van der Waals surface area contributed by atoms with Gasteiger partial charge in [-0.25, -0.2) is 0 Å². The fourth-order valence-electron chi connectivity index (χ4n) is 1.69. The molecule has 0 radical (unpaired) electrons. The third-order valence-corrected chi connectivity index (χ3v) is 3.07. The highest BCUT2D eigenvalue weighted by Gasteiger charge is 2.07. The van der Waals surface area contributed by atoms with Gasteiger partial charge in [-0.05, 0) is 18.1 Å². The monoisotopic (exact) mass is 246 g/mol. The number of nitrogens with two attached hydrogens (primary N) is 1. The van der Waals surface area contributed by atoms with Gasteiger partial charge < -0.3 is 5.73 Å². The van der Waals surface area contributed by atoms with Crippen LogP contribution in [-0.4, -0.2) is 4.98 Å². The summed E-state index contributed by atoms with van der Waals surface area (Å²) in [6, 6.07) is 9.69. The zero-order valence-corrected chi connectivity index (χ0v) is 10.7. The summed E-state index contributed by atoms with van der Waals surface area (Å²) in [7, 11) is 0. The first-order valence-electron chi connectivity index (χ1n) is 5.60. The Morgan fingerprint density at radius 1 is 1.18 bits per heavy atom. The molecule has 2 aromatic rings. The number of hydrogen-bond donors (Lipinski definition) is 1. The second kappa shape index (κ2) is 4.76. The van der Waals surface area contributed by atoms with Crippen molar-refractivity contribution in [3.05, 3.63) is 47.2 Å². The molecule has 0 fully saturated rings. The molecule has 0 amide bonds. The number of pyridine rings is 1. The molecule has 0 saturated carbocycles. The zero-order valence-electron chi connectivity index (χ0n) is 9.94. The molecule has 2 rings (SSSR count). The van der Waals surface area contributed by atoms with Crippen molar-refractivity contribution in [3.63, 3.8) is 0 Å². The van der Waals surface area contributed by atoms with Crippen LogP contribution in [0.2, 0.25) is 5.02 Å². The second-order valence-electron chi connectivity index (χ2n) is 4.33. The highest BCUT2D eigenvalue weighted by molar-refractivity contribution is 6.33. The molecule has 1 heterocycles. The maximum Gasteiger partial charge on any atom is 0.0641 e. The molecular weight excluding hydrogens is 232 g/mol. The topological polar surface area (TPSA) is 38.9 Å². The second-order valence-corrected chi connectivity index (χ2v) is 4.73. The van der Waals surface area contributed by atoms with E-state index in [0.29, 0.717) is 16.6 Å². The van der Waals surface area contributed by atoms with Gasteiger partial charge in [0.05, 0.1) is 10.7 Å². The molecule has 2 N–H and O–H groups in total. The van der Waals surface area contributed by atoms with Gasteiger partial charge in [0, 0.05) is 23.0 Å². The minimum Gasteiger partial charge on any atom is -0.397 e. The first-order valence-corrected chi connectivity index (χ1v) is 5.97. The van der Waals surface area contributed by atoms with Crippen molar-refractivity contribution < 1.29 is 0 Å². The molecule has 0 aliphatic carbocycles. The number of benzene rings is 1. The van der Waals surface area contributed by atoms with Crippen LogP contribution in [0.25, 0.3) is 11.1 Å². The van der Waals surface area contributed by atoms with Crippen molar-refractivity contribution in [3.8, 4) is 11.1 Å². The Bertz CT molecular complexity index is 518. The largest absolute Gasteiger partial charge is 0.397 e. The summed E-state index contributed by atoms with van der Waals surface area (Å²) in [6.45, 7) is 4.24. The number of para-hydroxylation sites is 1. The van der Waals surface area contributed by atoms with Gasteiger partial charge in [0.2, 0.25) is 0 Å². The van der Waals surface area contributed by atoms with Gasteiger partial charge >= 0.3 is 0 Å². The molecule has 17 heavy (non-hydrogen) atoms. The van der Waals surface area contributed by atoms with Crippen LogP contribution in [0.1, 0.15) is 25.5 Å². The third kappa shape index (κ3) is 2.42. The molecule has 1 aromatic heterocycles. The summed E-state index contributed by atoms with van der Waals surface area (Å²) in [4.78, 5) is 4.43. The zero-order chi connectivity index (χ0) is 12.4. The van der Waals surface area contributed by atoms with Crippen LogP contribution >= 0.6 is 11.6 Å². The lowest BCUT2D eigenvalue weighted by atomic mass is 10.0. The van der Waals surface area contributed by atoms with E-state index in [1.54, 1.807) is 6.07 Å². The van der Waals surface area contributed by atoms with Gasteiger partial charge in [0.15, 0.2) is 0 Å². The van der Waals surface area contributed by atoms with E-state index in [2.05, 4.69) is 18.8 Å². The number of nitrogens with zero attached hydrogens (tertiary/aromatic N) is 1. The van der Waals surface area contributed by atoms with Crippen molar-refractivity contribution in [1.82, 2.24) is 4.98 Å². The van der Waals surface area contributed by atoms with Gasteiger partial charge in [-0.3, -0.25) is 4.98 Å². The fourth-order valence-corrected chi connectivity index (χ4v) is 1.87. The van der Waals surface area contributed by atoms with Crippen molar-refractivity contribution in [1.29, 1.82) is 0 Å². The molecule has 0 aliphatic heterocycles. The Labute approximate surface area is 106 Å². The van der Waals surface area contributed by atoms with E-state index in [1.807, 2.05) is 30.5 Å². The van der Waals surface area contributed by atoms with Crippen LogP contribution in [0.3, 0.4) is 0 Å². The Kier molecular flexibility index (Phi) is 3.34. The number of aromatic nitrogens is 1. The highest BCUT2D eigenvalue weighted by atomic mass is 35.5. The van der Waals surface area contributed by atoms with E-state index in [-0.39, 0.29) is 0 Å². The molecule has 0 unspecified atom stereocenters. The Balaban J connectivity index is 2.43.